The molecule has 0 aliphatic carbocycles. The van der Waals surface area contributed by atoms with Crippen LogP contribution in [0.15, 0.2) is 36.7 Å². The molecule has 1 aromatic heterocycles. The summed E-state index contributed by atoms with van der Waals surface area (Å²) >= 11 is 5.89. The van der Waals surface area contributed by atoms with Crippen molar-refractivity contribution in [3.63, 3.8) is 0 Å². The molecule has 126 valence electrons. The molecule has 2 aromatic rings. The molecule has 0 radical (unpaired) electrons. The summed E-state index contributed by atoms with van der Waals surface area (Å²) in [6.07, 6.45) is 4.11. The summed E-state index contributed by atoms with van der Waals surface area (Å²) in [6.45, 7) is 3.07. The first-order valence-electron chi connectivity index (χ1n) is 8.06. The molecule has 1 fully saturated rings. The number of aliphatic hydroxyl groups is 1. The van der Waals surface area contributed by atoms with Gasteiger partial charge in [0.1, 0.15) is 5.69 Å². The minimum Gasteiger partial charge on any atom is -0.388 e. The third kappa shape index (κ3) is 3.74. The Balaban J connectivity index is 1.60. The van der Waals surface area contributed by atoms with Gasteiger partial charge in [0.05, 0.1) is 18.0 Å². The summed E-state index contributed by atoms with van der Waals surface area (Å²) in [5, 5.41) is 11.2. The van der Waals surface area contributed by atoms with E-state index in [1.54, 1.807) is 23.2 Å². The van der Waals surface area contributed by atoms with Crippen molar-refractivity contribution in [1.82, 2.24) is 14.9 Å². The Labute approximate surface area is 146 Å². The fourth-order valence-electron chi connectivity index (χ4n) is 3.02. The van der Waals surface area contributed by atoms with Crippen LogP contribution < -0.4 is 0 Å². The fourth-order valence-corrected chi connectivity index (χ4v) is 3.14. The van der Waals surface area contributed by atoms with E-state index in [1.807, 2.05) is 19.1 Å². The van der Waals surface area contributed by atoms with E-state index in [9.17, 15) is 9.90 Å². The number of halogens is 1. The number of aromatic nitrogens is 2. The Morgan fingerprint density at radius 3 is 2.46 bits per heavy atom. The van der Waals surface area contributed by atoms with Gasteiger partial charge in [-0.3, -0.25) is 9.78 Å². The van der Waals surface area contributed by atoms with E-state index in [-0.39, 0.29) is 11.8 Å². The van der Waals surface area contributed by atoms with E-state index < -0.39 is 6.10 Å². The molecule has 1 atom stereocenters. The molecule has 1 aromatic carbocycles. The first kappa shape index (κ1) is 16.9. The van der Waals surface area contributed by atoms with Crippen molar-refractivity contribution in [1.29, 1.82) is 0 Å². The molecule has 1 N–H and O–H groups in total. The summed E-state index contributed by atoms with van der Waals surface area (Å²) in [5.74, 6) is 0.0428. The summed E-state index contributed by atoms with van der Waals surface area (Å²) in [6, 6.07) is 7.28. The normalized spacial score (nSPS) is 16.9. The topological polar surface area (TPSA) is 66.3 Å². The van der Waals surface area contributed by atoms with Gasteiger partial charge in [0, 0.05) is 24.3 Å². The van der Waals surface area contributed by atoms with Gasteiger partial charge in [-0.05, 0) is 43.4 Å². The van der Waals surface area contributed by atoms with Gasteiger partial charge in [0.25, 0.3) is 5.91 Å². The molecule has 1 aliphatic rings. The highest BCUT2D eigenvalue weighted by Gasteiger charge is 2.29. The average Bonchev–Trinajstić information content (AvgIpc) is 2.62. The number of amides is 1. The SMILES string of the molecule is Cc1cnc(C(=O)N2CCC(C(O)c3ccc(Cl)cc3)CC2)cn1. The van der Waals surface area contributed by atoms with Crippen LogP contribution in [-0.4, -0.2) is 39.0 Å². The van der Waals surface area contributed by atoms with Crippen LogP contribution in [0.2, 0.25) is 5.02 Å². The average molecular weight is 346 g/mol. The number of carbonyl (C=O) groups excluding carboxylic acids is 1. The second-order valence-electron chi connectivity index (χ2n) is 6.17. The molecule has 2 heterocycles. The Bertz CT molecular complexity index is 695. The number of aliphatic hydroxyl groups excluding tert-OH is 1. The van der Waals surface area contributed by atoms with Gasteiger partial charge in [-0.1, -0.05) is 23.7 Å². The maximum absolute atomic E-state index is 12.4. The number of hydrogen-bond acceptors (Lipinski definition) is 4. The summed E-state index contributed by atoms with van der Waals surface area (Å²) in [4.78, 5) is 22.5. The highest BCUT2D eigenvalue weighted by atomic mass is 35.5. The predicted molar refractivity (Wildman–Crippen MR) is 91.8 cm³/mol. The molecular formula is C18H20ClN3O2. The zero-order valence-electron chi connectivity index (χ0n) is 13.5. The minimum atomic E-state index is -0.529. The molecule has 0 spiro atoms. The van der Waals surface area contributed by atoms with Crippen molar-refractivity contribution in [3.05, 3.63) is 58.6 Å². The molecule has 0 bridgehead atoms. The van der Waals surface area contributed by atoms with Crippen molar-refractivity contribution in [2.24, 2.45) is 5.92 Å². The van der Waals surface area contributed by atoms with Crippen LogP contribution in [0.5, 0.6) is 0 Å². The summed E-state index contributed by atoms with van der Waals surface area (Å²) in [5.41, 5.74) is 2.03. The molecule has 6 heteroatoms. The highest BCUT2D eigenvalue weighted by Crippen LogP contribution is 2.31. The van der Waals surface area contributed by atoms with Gasteiger partial charge < -0.3 is 10.0 Å². The highest BCUT2D eigenvalue weighted by molar-refractivity contribution is 6.30. The van der Waals surface area contributed by atoms with Gasteiger partial charge in [0.2, 0.25) is 0 Å². The number of hydrogen-bond donors (Lipinski definition) is 1. The van der Waals surface area contributed by atoms with Crippen molar-refractivity contribution < 1.29 is 9.90 Å². The first-order valence-corrected chi connectivity index (χ1v) is 8.44. The standard InChI is InChI=1S/C18H20ClN3O2/c1-12-10-21-16(11-20-12)18(24)22-8-6-14(7-9-22)17(23)13-2-4-15(19)5-3-13/h2-5,10-11,14,17,23H,6-9H2,1H3. The Hall–Kier alpha value is -1.98. The fraction of sp³-hybridized carbons (Fsp3) is 0.389. The smallest absolute Gasteiger partial charge is 0.274 e. The zero-order valence-corrected chi connectivity index (χ0v) is 14.3. The maximum atomic E-state index is 12.4. The van der Waals surface area contributed by atoms with Crippen molar-refractivity contribution in [2.45, 2.75) is 25.9 Å². The van der Waals surface area contributed by atoms with E-state index in [4.69, 9.17) is 11.6 Å². The van der Waals surface area contributed by atoms with E-state index in [2.05, 4.69) is 9.97 Å². The van der Waals surface area contributed by atoms with Crippen molar-refractivity contribution in [2.75, 3.05) is 13.1 Å². The van der Waals surface area contributed by atoms with E-state index in [0.717, 1.165) is 24.1 Å². The Morgan fingerprint density at radius 1 is 1.21 bits per heavy atom. The quantitative estimate of drug-likeness (QED) is 0.928. The number of benzene rings is 1. The van der Waals surface area contributed by atoms with Crippen molar-refractivity contribution in [3.8, 4) is 0 Å². The van der Waals surface area contributed by atoms with E-state index in [1.165, 1.54) is 6.20 Å². The largest absolute Gasteiger partial charge is 0.388 e. The number of rotatable bonds is 3. The lowest BCUT2D eigenvalue weighted by Gasteiger charge is -2.34. The molecule has 1 amide bonds. The molecule has 1 saturated heterocycles. The van der Waals surface area contributed by atoms with Gasteiger partial charge >= 0.3 is 0 Å². The van der Waals surface area contributed by atoms with Gasteiger partial charge in [0.15, 0.2) is 0 Å². The Morgan fingerprint density at radius 2 is 1.88 bits per heavy atom. The Kier molecular flexibility index (Phi) is 5.11. The zero-order chi connectivity index (χ0) is 17.1. The molecule has 24 heavy (non-hydrogen) atoms. The van der Waals surface area contributed by atoms with Crippen LogP contribution in [-0.2, 0) is 0 Å². The molecule has 1 aliphatic heterocycles. The lowest BCUT2D eigenvalue weighted by molar-refractivity contribution is 0.0458. The van der Waals surface area contributed by atoms with Crippen LogP contribution in [0, 0.1) is 12.8 Å². The number of aryl methyl sites for hydroxylation is 1. The summed E-state index contributed by atoms with van der Waals surface area (Å²) < 4.78 is 0. The van der Waals surface area contributed by atoms with Crippen LogP contribution in [0.3, 0.4) is 0 Å². The number of carbonyl (C=O) groups is 1. The van der Waals surface area contributed by atoms with Crippen LogP contribution in [0.1, 0.15) is 40.7 Å². The molecule has 1 unspecified atom stereocenters. The summed E-state index contributed by atoms with van der Waals surface area (Å²) in [7, 11) is 0. The van der Waals surface area contributed by atoms with E-state index >= 15 is 0 Å². The second-order valence-corrected chi connectivity index (χ2v) is 6.61. The number of likely N-dealkylation sites (tertiary alicyclic amines) is 1. The molecule has 0 saturated carbocycles. The van der Waals surface area contributed by atoms with Crippen LogP contribution in [0.4, 0.5) is 0 Å². The molecule has 3 rings (SSSR count). The van der Waals surface area contributed by atoms with Crippen LogP contribution in [0.25, 0.3) is 0 Å². The lowest BCUT2D eigenvalue weighted by Crippen LogP contribution is -2.40. The maximum Gasteiger partial charge on any atom is 0.274 e. The number of nitrogens with zero attached hydrogens (tertiary/aromatic N) is 3. The molecule has 5 nitrogen and oxygen atoms in total. The monoisotopic (exact) mass is 345 g/mol. The third-order valence-corrected chi connectivity index (χ3v) is 4.74. The predicted octanol–water partition coefficient (Wildman–Crippen LogP) is 3.02. The third-order valence-electron chi connectivity index (χ3n) is 4.48. The van der Waals surface area contributed by atoms with Gasteiger partial charge in [-0.2, -0.15) is 0 Å². The number of piperidine rings is 1. The van der Waals surface area contributed by atoms with Crippen LogP contribution >= 0.6 is 11.6 Å². The van der Waals surface area contributed by atoms with Gasteiger partial charge in [-0.25, -0.2) is 4.98 Å². The second kappa shape index (κ2) is 7.28. The lowest BCUT2D eigenvalue weighted by atomic mass is 9.87. The minimum absolute atomic E-state index is 0.0954. The van der Waals surface area contributed by atoms with Crippen molar-refractivity contribution >= 4 is 17.5 Å². The van der Waals surface area contributed by atoms with Gasteiger partial charge in [-0.15, -0.1) is 0 Å². The molecular weight excluding hydrogens is 326 g/mol. The van der Waals surface area contributed by atoms with E-state index in [0.29, 0.717) is 23.8 Å². The first-order chi connectivity index (χ1) is 11.5.